The average molecular weight is 173 g/mol. The first-order chi connectivity index (χ1) is 6.42. The van der Waals surface area contributed by atoms with Crippen LogP contribution in [0, 0.1) is 0 Å². The first-order valence-electron chi connectivity index (χ1n) is 4.40. The Morgan fingerprint density at radius 1 is 1.31 bits per heavy atom. The number of H-pyrrole nitrogens is 1. The van der Waals surface area contributed by atoms with E-state index in [0.717, 1.165) is 18.2 Å². The Morgan fingerprint density at radius 3 is 3.08 bits per heavy atom. The summed E-state index contributed by atoms with van der Waals surface area (Å²) in [6, 6.07) is 8.17. The number of aryl methyl sites for hydroxylation is 1. The fraction of sp³-hybridized carbons (Fsp3) is 0.182. The molecule has 2 nitrogen and oxygen atoms in total. The molecule has 0 saturated heterocycles. The Hall–Kier alpha value is -1.57. The Labute approximate surface area is 76.6 Å². The number of aldehydes is 1. The zero-order chi connectivity index (χ0) is 9.10. The molecule has 0 amide bonds. The van der Waals surface area contributed by atoms with Gasteiger partial charge in [0.25, 0.3) is 0 Å². The first-order valence-corrected chi connectivity index (χ1v) is 4.40. The summed E-state index contributed by atoms with van der Waals surface area (Å²) in [5.41, 5.74) is 2.38. The van der Waals surface area contributed by atoms with Crippen LogP contribution in [0.25, 0.3) is 10.9 Å². The molecule has 0 aliphatic heterocycles. The molecule has 0 radical (unpaired) electrons. The summed E-state index contributed by atoms with van der Waals surface area (Å²) in [6.45, 7) is 0. The van der Waals surface area contributed by atoms with Crippen LogP contribution in [0.1, 0.15) is 12.0 Å². The second-order valence-corrected chi connectivity index (χ2v) is 3.06. The minimum absolute atomic E-state index is 0.601. The molecular formula is C11H11NO. The lowest BCUT2D eigenvalue weighted by Crippen LogP contribution is -1.86. The summed E-state index contributed by atoms with van der Waals surface area (Å²) >= 11 is 0. The zero-order valence-electron chi connectivity index (χ0n) is 7.29. The predicted molar refractivity (Wildman–Crippen MR) is 52.7 cm³/mol. The van der Waals surface area contributed by atoms with E-state index in [1.807, 2.05) is 18.3 Å². The van der Waals surface area contributed by atoms with Gasteiger partial charge in [0.15, 0.2) is 0 Å². The van der Waals surface area contributed by atoms with Crippen LogP contribution in [0.15, 0.2) is 30.5 Å². The van der Waals surface area contributed by atoms with Crippen molar-refractivity contribution >= 4 is 17.2 Å². The lowest BCUT2D eigenvalue weighted by molar-refractivity contribution is -0.107. The van der Waals surface area contributed by atoms with Crippen LogP contribution < -0.4 is 0 Å². The third-order valence-corrected chi connectivity index (χ3v) is 2.22. The minimum Gasteiger partial charge on any atom is -0.361 e. The van der Waals surface area contributed by atoms with Gasteiger partial charge in [0.1, 0.15) is 6.29 Å². The van der Waals surface area contributed by atoms with E-state index in [-0.39, 0.29) is 0 Å². The molecule has 0 aliphatic rings. The maximum absolute atomic E-state index is 10.2. The van der Waals surface area contributed by atoms with E-state index in [9.17, 15) is 4.79 Å². The molecule has 0 saturated carbocycles. The number of aromatic amines is 1. The largest absolute Gasteiger partial charge is 0.361 e. The highest BCUT2D eigenvalue weighted by molar-refractivity contribution is 5.83. The van der Waals surface area contributed by atoms with Crippen molar-refractivity contribution in [3.05, 3.63) is 36.0 Å². The number of nitrogens with one attached hydrogen (secondary N) is 1. The van der Waals surface area contributed by atoms with Crippen LogP contribution >= 0.6 is 0 Å². The number of benzene rings is 1. The third kappa shape index (κ3) is 1.47. The molecule has 2 rings (SSSR count). The van der Waals surface area contributed by atoms with Crippen LogP contribution in [0.2, 0.25) is 0 Å². The number of carbonyl (C=O) groups excluding carboxylic acids is 1. The van der Waals surface area contributed by atoms with Gasteiger partial charge in [0.2, 0.25) is 0 Å². The van der Waals surface area contributed by atoms with E-state index in [0.29, 0.717) is 6.42 Å². The van der Waals surface area contributed by atoms with Crippen molar-refractivity contribution in [2.45, 2.75) is 12.8 Å². The third-order valence-electron chi connectivity index (χ3n) is 2.22. The maximum atomic E-state index is 10.2. The number of rotatable bonds is 3. The highest BCUT2D eigenvalue weighted by Gasteiger charge is 1.99. The Kier molecular flexibility index (Phi) is 2.13. The highest BCUT2D eigenvalue weighted by atomic mass is 16.1. The molecule has 0 aliphatic carbocycles. The van der Waals surface area contributed by atoms with Gasteiger partial charge in [-0.05, 0) is 24.1 Å². The van der Waals surface area contributed by atoms with Gasteiger partial charge in [-0.2, -0.15) is 0 Å². The van der Waals surface area contributed by atoms with Crippen molar-refractivity contribution in [2.24, 2.45) is 0 Å². The van der Waals surface area contributed by atoms with Crippen molar-refractivity contribution in [3.63, 3.8) is 0 Å². The SMILES string of the molecule is O=CCCc1cccc2[nH]ccc12. The van der Waals surface area contributed by atoms with Gasteiger partial charge >= 0.3 is 0 Å². The molecule has 1 aromatic heterocycles. The summed E-state index contributed by atoms with van der Waals surface area (Å²) in [6.07, 6.45) is 4.32. The number of hydrogen-bond acceptors (Lipinski definition) is 1. The van der Waals surface area contributed by atoms with Gasteiger partial charge < -0.3 is 9.78 Å². The quantitative estimate of drug-likeness (QED) is 0.710. The van der Waals surface area contributed by atoms with Crippen LogP contribution in [0.4, 0.5) is 0 Å². The van der Waals surface area contributed by atoms with Crippen LogP contribution in [0.3, 0.4) is 0 Å². The molecule has 0 unspecified atom stereocenters. The number of carbonyl (C=O) groups is 1. The van der Waals surface area contributed by atoms with Gasteiger partial charge in [-0.25, -0.2) is 0 Å². The van der Waals surface area contributed by atoms with E-state index in [4.69, 9.17) is 0 Å². The van der Waals surface area contributed by atoms with Gasteiger partial charge in [-0.3, -0.25) is 0 Å². The molecule has 2 aromatic rings. The van der Waals surface area contributed by atoms with E-state index in [1.54, 1.807) is 0 Å². The van der Waals surface area contributed by atoms with Gasteiger partial charge in [-0.1, -0.05) is 12.1 Å². The monoisotopic (exact) mass is 173 g/mol. The summed E-state index contributed by atoms with van der Waals surface area (Å²) in [4.78, 5) is 13.4. The molecule has 0 fully saturated rings. The second-order valence-electron chi connectivity index (χ2n) is 3.06. The van der Waals surface area contributed by atoms with Crippen LogP contribution in [0.5, 0.6) is 0 Å². The lowest BCUT2D eigenvalue weighted by Gasteiger charge is -1.99. The molecule has 1 heterocycles. The number of fused-ring (bicyclic) bond motifs is 1. The smallest absolute Gasteiger partial charge is 0.120 e. The molecule has 2 heteroatoms. The van der Waals surface area contributed by atoms with Crippen LogP contribution in [-0.4, -0.2) is 11.3 Å². The summed E-state index contributed by atoms with van der Waals surface area (Å²) < 4.78 is 0. The van der Waals surface area contributed by atoms with Crippen molar-refractivity contribution < 1.29 is 4.79 Å². The maximum Gasteiger partial charge on any atom is 0.120 e. The van der Waals surface area contributed by atoms with E-state index < -0.39 is 0 Å². The molecule has 1 aromatic carbocycles. The Balaban J connectivity index is 2.42. The summed E-state index contributed by atoms with van der Waals surface area (Å²) in [7, 11) is 0. The van der Waals surface area contributed by atoms with Crippen molar-refractivity contribution in [2.75, 3.05) is 0 Å². The normalized spacial score (nSPS) is 10.5. The minimum atomic E-state index is 0.601. The van der Waals surface area contributed by atoms with Crippen molar-refractivity contribution in [3.8, 4) is 0 Å². The zero-order valence-corrected chi connectivity index (χ0v) is 7.29. The highest BCUT2D eigenvalue weighted by Crippen LogP contribution is 2.18. The van der Waals surface area contributed by atoms with Gasteiger partial charge in [0.05, 0.1) is 0 Å². The lowest BCUT2D eigenvalue weighted by atomic mass is 10.1. The molecule has 13 heavy (non-hydrogen) atoms. The molecule has 0 spiro atoms. The molecule has 0 bridgehead atoms. The number of hydrogen-bond donors (Lipinski definition) is 1. The summed E-state index contributed by atoms with van der Waals surface area (Å²) in [5, 5.41) is 1.23. The van der Waals surface area contributed by atoms with Crippen LogP contribution in [-0.2, 0) is 11.2 Å². The molecular weight excluding hydrogens is 162 g/mol. The Bertz CT molecular complexity index is 417. The summed E-state index contributed by atoms with van der Waals surface area (Å²) in [5.74, 6) is 0. The number of aromatic nitrogens is 1. The molecule has 0 atom stereocenters. The van der Waals surface area contributed by atoms with Gasteiger partial charge in [0, 0.05) is 23.5 Å². The fourth-order valence-electron chi connectivity index (χ4n) is 1.58. The van der Waals surface area contributed by atoms with E-state index in [2.05, 4.69) is 17.1 Å². The molecule has 1 N–H and O–H groups in total. The van der Waals surface area contributed by atoms with E-state index >= 15 is 0 Å². The Morgan fingerprint density at radius 2 is 2.23 bits per heavy atom. The fourth-order valence-corrected chi connectivity index (χ4v) is 1.58. The van der Waals surface area contributed by atoms with E-state index in [1.165, 1.54) is 10.9 Å². The second kappa shape index (κ2) is 3.44. The first kappa shape index (κ1) is 8.05. The standard InChI is InChI=1S/C11H11NO/c13-8-2-4-9-3-1-5-11-10(9)6-7-12-11/h1,3,5-8,12H,2,4H2. The van der Waals surface area contributed by atoms with Gasteiger partial charge in [-0.15, -0.1) is 0 Å². The average Bonchev–Trinajstić information content (AvgIpc) is 2.62. The topological polar surface area (TPSA) is 32.9 Å². The van der Waals surface area contributed by atoms with Crippen molar-refractivity contribution in [1.82, 2.24) is 4.98 Å². The molecule has 66 valence electrons. The predicted octanol–water partition coefficient (Wildman–Crippen LogP) is 2.30. The van der Waals surface area contributed by atoms with Crippen molar-refractivity contribution in [1.29, 1.82) is 0 Å².